The van der Waals surface area contributed by atoms with Crippen molar-refractivity contribution in [2.75, 3.05) is 5.73 Å². The Morgan fingerprint density at radius 2 is 1.96 bits per heavy atom. The molecule has 0 atom stereocenters. The van der Waals surface area contributed by atoms with Gasteiger partial charge in [0.1, 0.15) is 12.1 Å². The van der Waals surface area contributed by atoms with Gasteiger partial charge in [0.05, 0.1) is 17.0 Å². The molecule has 4 nitrogen and oxygen atoms in total. The molecule has 0 aliphatic rings. The maximum Gasteiger partial charge on any atom is 0.416 e. The molecule has 0 fully saturated rings. The molecule has 0 saturated carbocycles. The van der Waals surface area contributed by atoms with E-state index in [0.29, 0.717) is 17.7 Å². The highest BCUT2D eigenvalue weighted by atomic mass is 19.4. The van der Waals surface area contributed by atoms with Gasteiger partial charge in [0.25, 0.3) is 0 Å². The number of nitrogens with two attached hydrogens (primary N) is 1. The molecule has 2 rings (SSSR count). The minimum atomic E-state index is -4.44. The Labute approximate surface area is 154 Å². The summed E-state index contributed by atoms with van der Waals surface area (Å²) in [4.78, 5) is 4.13. The van der Waals surface area contributed by atoms with Gasteiger partial charge in [-0.15, -0.1) is 5.10 Å². The number of benzene rings is 1. The quantitative estimate of drug-likeness (QED) is 0.431. The first kappa shape index (κ1) is 20.4. The molecular formula is C19H20F4N4. The molecule has 27 heavy (non-hydrogen) atoms. The van der Waals surface area contributed by atoms with Crippen molar-refractivity contribution in [2.24, 2.45) is 0 Å². The predicted octanol–water partition coefficient (Wildman–Crippen LogP) is 5.37. The van der Waals surface area contributed by atoms with Crippen molar-refractivity contribution >= 4 is 11.4 Å². The molecule has 0 bridgehead atoms. The minimum absolute atomic E-state index is 0.00885. The molecule has 0 aliphatic carbocycles. The highest BCUT2D eigenvalue weighted by molar-refractivity contribution is 5.63. The van der Waals surface area contributed by atoms with Gasteiger partial charge in [-0.2, -0.15) is 13.2 Å². The van der Waals surface area contributed by atoms with E-state index in [1.807, 2.05) is 6.92 Å². The Bertz CT molecular complexity index is 905. The normalized spacial score (nSPS) is 14.0. The van der Waals surface area contributed by atoms with Crippen LogP contribution < -0.4 is 5.73 Å². The zero-order valence-electron chi connectivity index (χ0n) is 15.2. The van der Waals surface area contributed by atoms with E-state index in [1.54, 1.807) is 13.0 Å². The van der Waals surface area contributed by atoms with Crippen LogP contribution in [0, 0.1) is 5.82 Å². The number of rotatable bonds is 5. The molecule has 0 saturated heterocycles. The monoisotopic (exact) mass is 380 g/mol. The fourth-order valence-electron chi connectivity index (χ4n) is 2.30. The molecular weight excluding hydrogens is 360 g/mol. The summed E-state index contributed by atoms with van der Waals surface area (Å²) in [6, 6.07) is 4.19. The molecule has 1 heterocycles. The molecule has 0 aliphatic heterocycles. The Kier molecular flexibility index (Phi) is 6.20. The molecule has 2 aromatic rings. The van der Waals surface area contributed by atoms with Gasteiger partial charge in [-0.25, -0.2) is 14.1 Å². The van der Waals surface area contributed by atoms with Crippen LogP contribution in [-0.4, -0.2) is 20.9 Å². The number of hydrogen-bond donors (Lipinski definition) is 1. The molecule has 0 amide bonds. The summed E-state index contributed by atoms with van der Waals surface area (Å²) >= 11 is 0. The number of anilines is 1. The van der Waals surface area contributed by atoms with Crippen LogP contribution in [0.1, 0.15) is 27.2 Å². The first-order valence-corrected chi connectivity index (χ1v) is 8.26. The van der Waals surface area contributed by atoms with Gasteiger partial charge in [0.2, 0.25) is 0 Å². The number of alkyl halides is 3. The number of allylic oxidation sites excluding steroid dienone is 6. The summed E-state index contributed by atoms with van der Waals surface area (Å²) in [5.74, 6) is -0.349. The lowest BCUT2D eigenvalue weighted by Crippen LogP contribution is -2.10. The van der Waals surface area contributed by atoms with Gasteiger partial charge in [-0.05, 0) is 56.2 Å². The van der Waals surface area contributed by atoms with E-state index in [4.69, 9.17) is 5.73 Å². The van der Waals surface area contributed by atoms with Crippen LogP contribution in [0.5, 0.6) is 0 Å². The minimum Gasteiger partial charge on any atom is -0.396 e. The summed E-state index contributed by atoms with van der Waals surface area (Å²) in [5, 5.41) is 4.27. The molecule has 2 N–H and O–H groups in total. The van der Waals surface area contributed by atoms with E-state index in [1.165, 1.54) is 36.1 Å². The number of halogens is 4. The second-order valence-electron chi connectivity index (χ2n) is 5.84. The van der Waals surface area contributed by atoms with Crippen LogP contribution in [0.15, 0.2) is 53.9 Å². The molecule has 0 unspecified atom stereocenters. The summed E-state index contributed by atoms with van der Waals surface area (Å²) in [7, 11) is 0. The number of aromatic nitrogens is 3. The Balaban J connectivity index is 2.42. The third-order valence-electron chi connectivity index (χ3n) is 4.02. The number of nitrogens with zero attached hydrogens (tertiary/aromatic N) is 3. The first-order valence-electron chi connectivity index (χ1n) is 8.26. The van der Waals surface area contributed by atoms with E-state index in [9.17, 15) is 17.6 Å². The summed E-state index contributed by atoms with van der Waals surface area (Å²) in [6.07, 6.45) is 0.904. The highest BCUT2D eigenvalue weighted by Gasteiger charge is 2.30. The Hall–Kier alpha value is -2.90. The maximum atomic E-state index is 13.7. The van der Waals surface area contributed by atoms with Crippen LogP contribution in [-0.2, 0) is 0 Å². The van der Waals surface area contributed by atoms with Crippen LogP contribution >= 0.6 is 0 Å². The highest BCUT2D eigenvalue weighted by Crippen LogP contribution is 2.28. The van der Waals surface area contributed by atoms with Crippen molar-refractivity contribution in [2.45, 2.75) is 33.4 Å². The second kappa shape index (κ2) is 8.20. The standard InChI is InChI=1S/C19H20F4N4/c1-4-12(3)17(9-7-14(5-2)19(21,22)23)27-11-25-18(26-27)13-6-8-16(24)15(20)10-13/h5-11H,4,24H2,1-3H3/b9-7-,14-5+,17-12-. The lowest BCUT2D eigenvalue weighted by molar-refractivity contribution is -0.0883. The van der Waals surface area contributed by atoms with E-state index in [-0.39, 0.29) is 11.5 Å². The molecule has 144 valence electrons. The number of hydrogen-bond acceptors (Lipinski definition) is 3. The van der Waals surface area contributed by atoms with Crippen molar-refractivity contribution in [1.82, 2.24) is 14.8 Å². The molecule has 0 spiro atoms. The summed E-state index contributed by atoms with van der Waals surface area (Å²) in [5.41, 5.74) is 6.42. The summed E-state index contributed by atoms with van der Waals surface area (Å²) < 4.78 is 53.8. The van der Waals surface area contributed by atoms with Crippen LogP contribution in [0.25, 0.3) is 17.1 Å². The second-order valence-corrected chi connectivity index (χ2v) is 5.84. The predicted molar refractivity (Wildman–Crippen MR) is 98.0 cm³/mol. The van der Waals surface area contributed by atoms with E-state index in [0.717, 1.165) is 17.7 Å². The Morgan fingerprint density at radius 1 is 1.26 bits per heavy atom. The average molecular weight is 380 g/mol. The molecule has 1 aromatic heterocycles. The van der Waals surface area contributed by atoms with Gasteiger partial charge < -0.3 is 5.73 Å². The van der Waals surface area contributed by atoms with Gasteiger partial charge in [-0.3, -0.25) is 0 Å². The average Bonchev–Trinajstić information content (AvgIpc) is 3.09. The first-order chi connectivity index (χ1) is 12.7. The fraction of sp³-hybridized carbons (Fsp3) is 0.263. The zero-order chi connectivity index (χ0) is 20.2. The van der Waals surface area contributed by atoms with E-state index in [2.05, 4.69) is 10.1 Å². The van der Waals surface area contributed by atoms with E-state index >= 15 is 0 Å². The van der Waals surface area contributed by atoms with Crippen molar-refractivity contribution < 1.29 is 17.6 Å². The fourth-order valence-corrected chi connectivity index (χ4v) is 2.30. The van der Waals surface area contributed by atoms with Gasteiger partial charge in [-0.1, -0.05) is 13.0 Å². The molecule has 0 radical (unpaired) electrons. The van der Waals surface area contributed by atoms with Crippen molar-refractivity contribution in [1.29, 1.82) is 0 Å². The van der Waals surface area contributed by atoms with Crippen molar-refractivity contribution in [3.05, 3.63) is 59.7 Å². The van der Waals surface area contributed by atoms with Gasteiger partial charge in [0, 0.05) is 5.56 Å². The third kappa shape index (κ3) is 4.84. The van der Waals surface area contributed by atoms with Crippen molar-refractivity contribution in [3.63, 3.8) is 0 Å². The number of nitrogen functional groups attached to an aromatic ring is 1. The maximum absolute atomic E-state index is 13.7. The third-order valence-corrected chi connectivity index (χ3v) is 4.02. The lowest BCUT2D eigenvalue weighted by Gasteiger charge is -2.09. The van der Waals surface area contributed by atoms with E-state index < -0.39 is 17.6 Å². The largest absolute Gasteiger partial charge is 0.416 e. The zero-order valence-corrected chi connectivity index (χ0v) is 15.2. The van der Waals surface area contributed by atoms with Crippen LogP contribution in [0.4, 0.5) is 23.2 Å². The van der Waals surface area contributed by atoms with Crippen molar-refractivity contribution in [3.8, 4) is 11.4 Å². The Morgan fingerprint density at radius 3 is 2.52 bits per heavy atom. The summed E-state index contributed by atoms with van der Waals surface area (Å²) in [6.45, 7) is 5.01. The smallest absolute Gasteiger partial charge is 0.396 e. The van der Waals surface area contributed by atoms with Gasteiger partial charge in [0.15, 0.2) is 5.82 Å². The topological polar surface area (TPSA) is 56.7 Å². The van der Waals surface area contributed by atoms with Crippen LogP contribution in [0.3, 0.4) is 0 Å². The molecule has 1 aromatic carbocycles. The van der Waals surface area contributed by atoms with Gasteiger partial charge >= 0.3 is 6.18 Å². The van der Waals surface area contributed by atoms with Crippen LogP contribution in [0.2, 0.25) is 0 Å². The SMILES string of the molecule is C\C=C(/C=C\C(=C(/C)CC)n1cnc(-c2ccc(N)c(F)c2)n1)C(F)(F)F. The molecule has 8 heteroatoms. The lowest BCUT2D eigenvalue weighted by atomic mass is 10.1.